The van der Waals surface area contributed by atoms with Crippen molar-refractivity contribution in [1.29, 1.82) is 0 Å². The van der Waals surface area contributed by atoms with E-state index in [1.807, 2.05) is 32.0 Å². The van der Waals surface area contributed by atoms with Gasteiger partial charge in [-0.1, -0.05) is 18.2 Å². The van der Waals surface area contributed by atoms with Gasteiger partial charge in [0.1, 0.15) is 18.7 Å². The summed E-state index contributed by atoms with van der Waals surface area (Å²) in [6, 6.07) is 12.3. The zero-order chi connectivity index (χ0) is 22.5. The third-order valence-electron chi connectivity index (χ3n) is 5.58. The fourth-order valence-corrected chi connectivity index (χ4v) is 3.72. The van der Waals surface area contributed by atoms with Crippen molar-refractivity contribution >= 4 is 17.3 Å². The molecule has 162 valence electrons. The van der Waals surface area contributed by atoms with Crippen LogP contribution in [0.15, 0.2) is 48.8 Å². The zero-order valence-electron chi connectivity index (χ0n) is 18.3. The van der Waals surface area contributed by atoms with E-state index in [9.17, 15) is 4.79 Å². The van der Waals surface area contributed by atoms with E-state index in [4.69, 9.17) is 11.3 Å². The van der Waals surface area contributed by atoms with Crippen LogP contribution in [0.25, 0.3) is 16.0 Å². The summed E-state index contributed by atoms with van der Waals surface area (Å²) in [5.41, 5.74) is 4.93. The minimum atomic E-state index is -0.273. The van der Waals surface area contributed by atoms with Gasteiger partial charge < -0.3 is 10.1 Å². The summed E-state index contributed by atoms with van der Waals surface area (Å²) >= 11 is 0. The van der Waals surface area contributed by atoms with E-state index in [1.165, 1.54) is 6.42 Å². The number of hydrogen-bond donors (Lipinski definition) is 1. The minimum absolute atomic E-state index is 0.273. The maximum Gasteiger partial charge on any atom is 0.254 e. The Balaban J connectivity index is 1.62. The smallest absolute Gasteiger partial charge is 0.254 e. The molecule has 0 spiro atoms. The molecule has 1 aliphatic rings. The van der Waals surface area contributed by atoms with Gasteiger partial charge >= 0.3 is 0 Å². The summed E-state index contributed by atoms with van der Waals surface area (Å²) in [7, 11) is 0. The van der Waals surface area contributed by atoms with E-state index < -0.39 is 0 Å². The number of benzene rings is 2. The van der Waals surface area contributed by atoms with Gasteiger partial charge in [0.15, 0.2) is 5.69 Å². The number of hydrogen-bond acceptors (Lipinski definition) is 5. The van der Waals surface area contributed by atoms with Gasteiger partial charge in [0, 0.05) is 40.3 Å². The fraction of sp³-hybridized carbons (Fsp3) is 0.280. The van der Waals surface area contributed by atoms with Gasteiger partial charge in [-0.3, -0.25) is 9.69 Å². The molecule has 2 heterocycles. The SMILES string of the molecule is [C-]#[N+]c1cccc(C(=O)Nc2ccc(OCCN3CCC3)c(-c3c(C)ncnc3C)c2)c1. The van der Waals surface area contributed by atoms with Crippen LogP contribution < -0.4 is 10.1 Å². The standard InChI is InChI=1S/C25H25N5O2/c1-17-24(18(2)28-16-27-17)22-15-21(8-9-23(22)32-13-12-30-10-5-11-30)29-25(31)19-6-4-7-20(14-19)26-3/h4,6-9,14-16H,5,10-13H2,1-2H3,(H,29,31). The Morgan fingerprint density at radius 3 is 2.62 bits per heavy atom. The molecule has 0 saturated carbocycles. The highest BCUT2D eigenvalue weighted by atomic mass is 16.5. The van der Waals surface area contributed by atoms with E-state index in [0.717, 1.165) is 47.9 Å². The lowest BCUT2D eigenvalue weighted by Crippen LogP contribution is -2.39. The number of carbonyl (C=O) groups is 1. The summed E-state index contributed by atoms with van der Waals surface area (Å²) in [6.07, 6.45) is 2.80. The van der Waals surface area contributed by atoms with Crippen molar-refractivity contribution in [3.63, 3.8) is 0 Å². The minimum Gasteiger partial charge on any atom is -0.492 e. The summed E-state index contributed by atoms with van der Waals surface area (Å²) in [6.45, 7) is 14.8. The third kappa shape index (κ3) is 4.76. The summed E-state index contributed by atoms with van der Waals surface area (Å²) in [5, 5.41) is 2.93. The van der Waals surface area contributed by atoms with Gasteiger partial charge in [0.05, 0.1) is 6.57 Å². The molecule has 1 fully saturated rings. The van der Waals surface area contributed by atoms with E-state index in [2.05, 4.69) is 25.0 Å². The molecule has 7 nitrogen and oxygen atoms in total. The maximum absolute atomic E-state index is 12.8. The van der Waals surface area contributed by atoms with Crippen LogP contribution in [0.4, 0.5) is 11.4 Å². The number of likely N-dealkylation sites (tertiary alicyclic amines) is 1. The molecule has 32 heavy (non-hydrogen) atoms. The van der Waals surface area contributed by atoms with Crippen LogP contribution in [0.2, 0.25) is 0 Å². The molecule has 1 aliphatic heterocycles. The van der Waals surface area contributed by atoms with Crippen LogP contribution >= 0.6 is 0 Å². The Morgan fingerprint density at radius 1 is 1.16 bits per heavy atom. The number of aryl methyl sites for hydroxylation is 2. The lowest BCUT2D eigenvalue weighted by molar-refractivity contribution is 0.102. The van der Waals surface area contributed by atoms with Gasteiger partial charge in [-0.2, -0.15) is 0 Å². The van der Waals surface area contributed by atoms with Crippen LogP contribution in [-0.2, 0) is 0 Å². The fourth-order valence-electron chi connectivity index (χ4n) is 3.72. The van der Waals surface area contributed by atoms with Crippen LogP contribution in [0.3, 0.4) is 0 Å². The first-order valence-electron chi connectivity index (χ1n) is 10.6. The van der Waals surface area contributed by atoms with Gasteiger partial charge in [0.25, 0.3) is 5.91 Å². The van der Waals surface area contributed by atoms with Crippen molar-refractivity contribution in [2.24, 2.45) is 0 Å². The number of carbonyl (C=O) groups excluding carboxylic acids is 1. The topological polar surface area (TPSA) is 71.7 Å². The highest BCUT2D eigenvalue weighted by Crippen LogP contribution is 2.35. The molecule has 1 N–H and O–H groups in total. The average Bonchev–Trinajstić information content (AvgIpc) is 2.76. The highest BCUT2D eigenvalue weighted by Gasteiger charge is 2.17. The number of nitrogens with zero attached hydrogens (tertiary/aromatic N) is 4. The summed E-state index contributed by atoms with van der Waals surface area (Å²) in [5.74, 6) is 0.463. The maximum atomic E-state index is 12.8. The Morgan fingerprint density at radius 2 is 1.94 bits per heavy atom. The number of rotatable bonds is 7. The van der Waals surface area contributed by atoms with Crippen LogP contribution in [-0.4, -0.2) is 47.0 Å². The molecule has 0 unspecified atom stereocenters. The molecule has 4 rings (SSSR count). The largest absolute Gasteiger partial charge is 0.492 e. The van der Waals surface area contributed by atoms with Crippen molar-refractivity contribution in [3.05, 3.63) is 77.2 Å². The molecule has 2 aromatic carbocycles. The van der Waals surface area contributed by atoms with Gasteiger partial charge in [-0.25, -0.2) is 14.8 Å². The first kappa shape index (κ1) is 21.5. The predicted octanol–water partition coefficient (Wildman–Crippen LogP) is 4.65. The van der Waals surface area contributed by atoms with Crippen molar-refractivity contribution in [1.82, 2.24) is 14.9 Å². The van der Waals surface area contributed by atoms with Crippen molar-refractivity contribution in [2.45, 2.75) is 20.3 Å². The molecule has 0 atom stereocenters. The van der Waals surface area contributed by atoms with Gasteiger partial charge in [-0.15, -0.1) is 0 Å². The highest BCUT2D eigenvalue weighted by molar-refractivity contribution is 6.05. The van der Waals surface area contributed by atoms with E-state index in [0.29, 0.717) is 23.5 Å². The Kier molecular flexibility index (Phi) is 6.43. The number of anilines is 1. The monoisotopic (exact) mass is 427 g/mol. The Hall–Kier alpha value is -3.76. The number of aromatic nitrogens is 2. The molecule has 0 aliphatic carbocycles. The molecule has 3 aromatic rings. The molecule has 1 amide bonds. The quantitative estimate of drug-likeness (QED) is 0.556. The number of nitrogens with one attached hydrogen (secondary N) is 1. The second kappa shape index (κ2) is 9.58. The average molecular weight is 428 g/mol. The molecule has 0 bridgehead atoms. The molecule has 0 radical (unpaired) electrons. The lowest BCUT2D eigenvalue weighted by atomic mass is 10.0. The van der Waals surface area contributed by atoms with E-state index in [-0.39, 0.29) is 5.91 Å². The Bertz CT molecular complexity index is 1160. The lowest BCUT2D eigenvalue weighted by Gasteiger charge is -2.30. The second-order valence-electron chi connectivity index (χ2n) is 7.79. The van der Waals surface area contributed by atoms with Crippen LogP contribution in [0, 0.1) is 20.4 Å². The van der Waals surface area contributed by atoms with Gasteiger partial charge in [0.2, 0.25) is 0 Å². The van der Waals surface area contributed by atoms with Gasteiger partial charge in [-0.05, 0) is 57.6 Å². The normalized spacial score (nSPS) is 13.2. The Labute approximate surface area is 187 Å². The van der Waals surface area contributed by atoms with E-state index >= 15 is 0 Å². The van der Waals surface area contributed by atoms with Crippen LogP contribution in [0.5, 0.6) is 5.75 Å². The third-order valence-corrected chi connectivity index (χ3v) is 5.58. The van der Waals surface area contributed by atoms with Crippen molar-refractivity contribution in [2.75, 3.05) is 31.6 Å². The molecule has 7 heteroatoms. The zero-order valence-corrected chi connectivity index (χ0v) is 18.3. The van der Waals surface area contributed by atoms with E-state index in [1.54, 1.807) is 30.6 Å². The molecular weight excluding hydrogens is 402 g/mol. The van der Waals surface area contributed by atoms with Crippen molar-refractivity contribution in [3.8, 4) is 16.9 Å². The first-order valence-corrected chi connectivity index (χ1v) is 10.6. The number of ether oxygens (including phenoxy) is 1. The molecule has 1 saturated heterocycles. The summed E-state index contributed by atoms with van der Waals surface area (Å²) < 4.78 is 6.14. The molecule has 1 aromatic heterocycles. The molecular formula is C25H25N5O2. The van der Waals surface area contributed by atoms with Crippen molar-refractivity contribution < 1.29 is 9.53 Å². The summed E-state index contributed by atoms with van der Waals surface area (Å²) in [4.78, 5) is 27.2. The predicted molar refractivity (Wildman–Crippen MR) is 124 cm³/mol. The first-order chi connectivity index (χ1) is 15.5. The second-order valence-corrected chi connectivity index (χ2v) is 7.79. The number of amides is 1. The van der Waals surface area contributed by atoms with Crippen LogP contribution in [0.1, 0.15) is 28.2 Å².